The van der Waals surface area contributed by atoms with Gasteiger partial charge in [-0.3, -0.25) is 4.79 Å². The Hall–Kier alpha value is -2.09. The molecule has 1 atom stereocenters. The molecule has 1 unspecified atom stereocenters. The minimum atomic E-state index is 0.0545. The Bertz CT molecular complexity index is 545. The van der Waals surface area contributed by atoms with Crippen LogP contribution in [-0.2, 0) is 4.79 Å². The third-order valence-electron chi connectivity index (χ3n) is 3.37. The Labute approximate surface area is 120 Å². The van der Waals surface area contributed by atoms with Crippen molar-refractivity contribution in [1.29, 1.82) is 0 Å². The summed E-state index contributed by atoms with van der Waals surface area (Å²) in [5.41, 5.74) is 3.54. The number of hydrogen-bond acceptors (Lipinski definition) is 1. The molecule has 0 radical (unpaired) electrons. The average molecular weight is 267 g/mol. The summed E-state index contributed by atoms with van der Waals surface area (Å²) in [5, 5.41) is 3.02. The summed E-state index contributed by atoms with van der Waals surface area (Å²) in [5.74, 6) is 0.118. The fraction of sp³-hybridized carbons (Fsp3) is 0.278. The van der Waals surface area contributed by atoms with Crippen LogP contribution < -0.4 is 5.32 Å². The van der Waals surface area contributed by atoms with Gasteiger partial charge in [0.05, 0.1) is 6.04 Å². The van der Waals surface area contributed by atoms with E-state index in [1.54, 1.807) is 0 Å². The maximum absolute atomic E-state index is 11.6. The SMILES string of the molecule is CCCC(=O)NC(C)c1ccc(-c2ccccc2)cc1. The van der Waals surface area contributed by atoms with Gasteiger partial charge in [0.1, 0.15) is 0 Å². The number of carbonyl (C=O) groups excluding carboxylic acids is 1. The molecule has 104 valence electrons. The van der Waals surface area contributed by atoms with Gasteiger partial charge in [0.2, 0.25) is 5.91 Å². The van der Waals surface area contributed by atoms with Crippen LogP contribution in [0.3, 0.4) is 0 Å². The van der Waals surface area contributed by atoms with E-state index >= 15 is 0 Å². The maximum atomic E-state index is 11.6. The van der Waals surface area contributed by atoms with Gasteiger partial charge in [-0.05, 0) is 30.0 Å². The standard InChI is InChI=1S/C18H21NO/c1-3-7-18(20)19-14(2)15-10-12-17(13-11-15)16-8-5-4-6-9-16/h4-6,8-14H,3,7H2,1-2H3,(H,19,20). The molecule has 0 aliphatic rings. The molecule has 0 saturated carbocycles. The van der Waals surface area contributed by atoms with E-state index in [9.17, 15) is 4.79 Å². The third kappa shape index (κ3) is 3.70. The summed E-state index contributed by atoms with van der Waals surface area (Å²) in [6, 6.07) is 18.7. The normalized spacial score (nSPS) is 11.9. The van der Waals surface area contributed by atoms with Crippen LogP contribution >= 0.6 is 0 Å². The molecule has 0 fully saturated rings. The molecule has 2 aromatic carbocycles. The second kappa shape index (κ2) is 6.90. The van der Waals surface area contributed by atoms with Gasteiger partial charge in [0, 0.05) is 6.42 Å². The lowest BCUT2D eigenvalue weighted by atomic mass is 10.0. The lowest BCUT2D eigenvalue weighted by Gasteiger charge is -2.14. The largest absolute Gasteiger partial charge is 0.350 e. The van der Waals surface area contributed by atoms with Crippen molar-refractivity contribution in [3.63, 3.8) is 0 Å². The molecule has 2 heteroatoms. The molecule has 0 saturated heterocycles. The van der Waals surface area contributed by atoms with Crippen LogP contribution in [0.4, 0.5) is 0 Å². The van der Waals surface area contributed by atoms with Crippen molar-refractivity contribution >= 4 is 5.91 Å². The predicted octanol–water partition coefficient (Wildman–Crippen LogP) is 4.33. The van der Waals surface area contributed by atoms with Crippen LogP contribution in [0.5, 0.6) is 0 Å². The first-order chi connectivity index (χ1) is 9.70. The molecular weight excluding hydrogens is 246 g/mol. The van der Waals surface area contributed by atoms with Crippen LogP contribution in [0.1, 0.15) is 38.3 Å². The van der Waals surface area contributed by atoms with E-state index in [1.165, 1.54) is 11.1 Å². The number of carbonyl (C=O) groups is 1. The molecule has 0 spiro atoms. The summed E-state index contributed by atoms with van der Waals surface area (Å²) in [6.07, 6.45) is 1.47. The molecule has 2 rings (SSSR count). The van der Waals surface area contributed by atoms with Crippen molar-refractivity contribution < 1.29 is 4.79 Å². The summed E-state index contributed by atoms with van der Waals surface area (Å²) in [6.45, 7) is 4.03. The zero-order valence-electron chi connectivity index (χ0n) is 12.1. The number of benzene rings is 2. The Kier molecular flexibility index (Phi) is 4.94. The molecule has 0 aromatic heterocycles. The predicted molar refractivity (Wildman–Crippen MR) is 83.3 cm³/mol. The highest BCUT2D eigenvalue weighted by atomic mass is 16.1. The average Bonchev–Trinajstić information content (AvgIpc) is 2.48. The van der Waals surface area contributed by atoms with E-state index in [0.29, 0.717) is 6.42 Å². The van der Waals surface area contributed by atoms with Crippen LogP contribution in [0.25, 0.3) is 11.1 Å². The van der Waals surface area contributed by atoms with E-state index in [1.807, 2.05) is 32.0 Å². The molecule has 0 bridgehead atoms. The summed E-state index contributed by atoms with van der Waals surface area (Å²) in [7, 11) is 0. The smallest absolute Gasteiger partial charge is 0.220 e. The van der Waals surface area contributed by atoms with Gasteiger partial charge in [-0.15, -0.1) is 0 Å². The fourth-order valence-electron chi connectivity index (χ4n) is 2.22. The minimum absolute atomic E-state index is 0.0545. The van der Waals surface area contributed by atoms with E-state index < -0.39 is 0 Å². The Morgan fingerprint density at radius 1 is 1.00 bits per heavy atom. The molecule has 0 aliphatic heterocycles. The summed E-state index contributed by atoms with van der Waals surface area (Å²) in [4.78, 5) is 11.6. The lowest BCUT2D eigenvalue weighted by Crippen LogP contribution is -2.26. The number of rotatable bonds is 5. The number of nitrogens with one attached hydrogen (secondary N) is 1. The fourth-order valence-corrected chi connectivity index (χ4v) is 2.22. The third-order valence-corrected chi connectivity index (χ3v) is 3.37. The van der Waals surface area contributed by atoms with Crippen LogP contribution in [-0.4, -0.2) is 5.91 Å². The van der Waals surface area contributed by atoms with Crippen molar-refractivity contribution in [3.8, 4) is 11.1 Å². The maximum Gasteiger partial charge on any atom is 0.220 e. The highest BCUT2D eigenvalue weighted by molar-refractivity contribution is 5.76. The van der Waals surface area contributed by atoms with Gasteiger partial charge >= 0.3 is 0 Å². The molecule has 2 aromatic rings. The number of amides is 1. The van der Waals surface area contributed by atoms with Gasteiger partial charge in [-0.1, -0.05) is 61.5 Å². The van der Waals surface area contributed by atoms with E-state index in [-0.39, 0.29) is 11.9 Å². The van der Waals surface area contributed by atoms with Crippen molar-refractivity contribution in [3.05, 3.63) is 60.2 Å². The summed E-state index contributed by atoms with van der Waals surface area (Å²) < 4.78 is 0. The molecule has 0 heterocycles. The van der Waals surface area contributed by atoms with Crippen molar-refractivity contribution in [2.45, 2.75) is 32.7 Å². The summed E-state index contributed by atoms with van der Waals surface area (Å²) >= 11 is 0. The van der Waals surface area contributed by atoms with E-state index in [2.05, 4.69) is 41.7 Å². The van der Waals surface area contributed by atoms with E-state index in [4.69, 9.17) is 0 Å². The molecular formula is C18H21NO. The van der Waals surface area contributed by atoms with Crippen LogP contribution in [0.15, 0.2) is 54.6 Å². The zero-order chi connectivity index (χ0) is 14.4. The quantitative estimate of drug-likeness (QED) is 0.858. The molecule has 1 N–H and O–H groups in total. The van der Waals surface area contributed by atoms with Crippen LogP contribution in [0, 0.1) is 0 Å². The van der Waals surface area contributed by atoms with Gasteiger partial charge in [-0.2, -0.15) is 0 Å². The Morgan fingerprint density at radius 3 is 2.20 bits per heavy atom. The second-order valence-electron chi connectivity index (χ2n) is 5.03. The zero-order valence-corrected chi connectivity index (χ0v) is 12.1. The van der Waals surface area contributed by atoms with Gasteiger partial charge in [-0.25, -0.2) is 0 Å². The van der Waals surface area contributed by atoms with Crippen LogP contribution in [0.2, 0.25) is 0 Å². The molecule has 0 aliphatic carbocycles. The van der Waals surface area contributed by atoms with Crippen molar-refractivity contribution in [2.24, 2.45) is 0 Å². The van der Waals surface area contributed by atoms with Gasteiger partial charge in [0.15, 0.2) is 0 Å². The first kappa shape index (κ1) is 14.3. The topological polar surface area (TPSA) is 29.1 Å². The Morgan fingerprint density at radius 2 is 1.60 bits per heavy atom. The van der Waals surface area contributed by atoms with Gasteiger partial charge < -0.3 is 5.32 Å². The minimum Gasteiger partial charge on any atom is -0.350 e. The van der Waals surface area contributed by atoms with Crippen molar-refractivity contribution in [1.82, 2.24) is 5.32 Å². The molecule has 1 amide bonds. The molecule has 2 nitrogen and oxygen atoms in total. The Balaban J connectivity index is 2.06. The first-order valence-corrected chi connectivity index (χ1v) is 7.15. The highest BCUT2D eigenvalue weighted by Gasteiger charge is 2.08. The lowest BCUT2D eigenvalue weighted by molar-refractivity contribution is -0.121. The second-order valence-corrected chi connectivity index (χ2v) is 5.03. The van der Waals surface area contributed by atoms with Gasteiger partial charge in [0.25, 0.3) is 0 Å². The monoisotopic (exact) mass is 267 g/mol. The van der Waals surface area contributed by atoms with Crippen molar-refractivity contribution in [2.75, 3.05) is 0 Å². The first-order valence-electron chi connectivity index (χ1n) is 7.15. The number of hydrogen-bond donors (Lipinski definition) is 1. The molecule has 20 heavy (non-hydrogen) atoms. The highest BCUT2D eigenvalue weighted by Crippen LogP contribution is 2.21. The van der Waals surface area contributed by atoms with E-state index in [0.717, 1.165) is 12.0 Å².